The Morgan fingerprint density at radius 3 is 2.89 bits per heavy atom. The van der Waals surface area contributed by atoms with E-state index in [1.54, 1.807) is 0 Å². The minimum Gasteiger partial charge on any atom is -0.493 e. The van der Waals surface area contributed by atoms with Crippen LogP contribution >= 0.6 is 0 Å². The van der Waals surface area contributed by atoms with E-state index in [0.29, 0.717) is 5.56 Å². The standard InChI is InChI=1S/C22H26N2O3/c25-15-19-8-10-24(13-16-6-7-21-18(12-16)9-11-27-21)14-20(19)23-22(26)17-4-2-1-3-5-17/h1-7,12,19-20,25H,8-11,13-15H2,(H,23,26)/t19-,20-/m1/s1. The number of carbonyl (C=O) groups is 1. The number of amides is 1. The highest BCUT2D eigenvalue weighted by Gasteiger charge is 2.30. The van der Waals surface area contributed by atoms with Crippen molar-refractivity contribution in [3.05, 3.63) is 65.2 Å². The van der Waals surface area contributed by atoms with Crippen molar-refractivity contribution in [3.63, 3.8) is 0 Å². The van der Waals surface area contributed by atoms with E-state index in [2.05, 4.69) is 28.4 Å². The van der Waals surface area contributed by atoms with Gasteiger partial charge in [-0.05, 0) is 42.3 Å². The fourth-order valence-corrected chi connectivity index (χ4v) is 4.03. The Morgan fingerprint density at radius 2 is 2.07 bits per heavy atom. The predicted octanol–water partition coefficient (Wildman–Crippen LogP) is 2.23. The topological polar surface area (TPSA) is 61.8 Å². The molecule has 27 heavy (non-hydrogen) atoms. The number of fused-ring (bicyclic) bond motifs is 1. The summed E-state index contributed by atoms with van der Waals surface area (Å²) < 4.78 is 5.59. The highest BCUT2D eigenvalue weighted by molar-refractivity contribution is 5.94. The number of benzene rings is 2. The van der Waals surface area contributed by atoms with Gasteiger partial charge in [0.15, 0.2) is 0 Å². The molecule has 2 atom stereocenters. The average Bonchev–Trinajstić information content (AvgIpc) is 3.17. The smallest absolute Gasteiger partial charge is 0.251 e. The van der Waals surface area contributed by atoms with Gasteiger partial charge in [-0.15, -0.1) is 0 Å². The first kappa shape index (κ1) is 18.0. The first-order valence-corrected chi connectivity index (χ1v) is 9.66. The van der Waals surface area contributed by atoms with Gasteiger partial charge in [-0.25, -0.2) is 0 Å². The van der Waals surface area contributed by atoms with Gasteiger partial charge in [0.2, 0.25) is 0 Å². The summed E-state index contributed by atoms with van der Waals surface area (Å²) in [5.74, 6) is 1.03. The molecule has 0 radical (unpaired) electrons. The van der Waals surface area contributed by atoms with Gasteiger partial charge in [0.25, 0.3) is 5.91 Å². The van der Waals surface area contributed by atoms with Crippen molar-refractivity contribution in [1.82, 2.24) is 10.2 Å². The molecule has 2 aromatic carbocycles. The van der Waals surface area contributed by atoms with E-state index >= 15 is 0 Å². The molecule has 142 valence electrons. The second-order valence-corrected chi connectivity index (χ2v) is 7.45. The van der Waals surface area contributed by atoms with Gasteiger partial charge in [0.1, 0.15) is 5.75 Å². The van der Waals surface area contributed by atoms with Crippen LogP contribution in [0.2, 0.25) is 0 Å². The SMILES string of the molecule is O=C(N[C@@H]1CN(Cc2ccc3c(c2)CCO3)CC[C@@H]1CO)c1ccccc1. The summed E-state index contributed by atoms with van der Waals surface area (Å²) in [6.45, 7) is 3.40. The quantitative estimate of drug-likeness (QED) is 0.852. The molecular formula is C22H26N2O3. The number of hydrogen-bond donors (Lipinski definition) is 2. The summed E-state index contributed by atoms with van der Waals surface area (Å²) in [5, 5.41) is 12.9. The molecule has 0 bridgehead atoms. The normalized spacial score (nSPS) is 22.1. The van der Waals surface area contributed by atoms with E-state index < -0.39 is 0 Å². The Kier molecular flexibility index (Phi) is 5.41. The lowest BCUT2D eigenvalue weighted by Gasteiger charge is -2.38. The largest absolute Gasteiger partial charge is 0.493 e. The maximum atomic E-state index is 12.5. The molecule has 0 aliphatic carbocycles. The number of carbonyl (C=O) groups excluding carboxylic acids is 1. The van der Waals surface area contributed by atoms with E-state index in [0.717, 1.165) is 44.8 Å². The van der Waals surface area contributed by atoms with Gasteiger partial charge in [0.05, 0.1) is 6.61 Å². The third-order valence-corrected chi connectivity index (χ3v) is 5.59. The van der Waals surface area contributed by atoms with Crippen molar-refractivity contribution in [2.75, 3.05) is 26.3 Å². The van der Waals surface area contributed by atoms with Crippen molar-refractivity contribution in [1.29, 1.82) is 0 Å². The fourth-order valence-electron chi connectivity index (χ4n) is 4.03. The van der Waals surface area contributed by atoms with Crippen LogP contribution in [0.15, 0.2) is 48.5 Å². The highest BCUT2D eigenvalue weighted by atomic mass is 16.5. The Balaban J connectivity index is 1.41. The number of rotatable bonds is 5. The molecular weight excluding hydrogens is 340 g/mol. The van der Waals surface area contributed by atoms with E-state index in [1.807, 2.05) is 30.3 Å². The number of likely N-dealkylation sites (tertiary alicyclic amines) is 1. The average molecular weight is 366 g/mol. The van der Waals surface area contributed by atoms with Gasteiger partial charge >= 0.3 is 0 Å². The van der Waals surface area contributed by atoms with Gasteiger partial charge in [0, 0.05) is 43.6 Å². The zero-order valence-electron chi connectivity index (χ0n) is 15.4. The number of hydrogen-bond acceptors (Lipinski definition) is 4. The lowest BCUT2D eigenvalue weighted by atomic mass is 9.91. The first-order chi connectivity index (χ1) is 13.2. The third-order valence-electron chi connectivity index (χ3n) is 5.59. The molecule has 0 unspecified atom stereocenters. The molecule has 2 aromatic rings. The monoisotopic (exact) mass is 366 g/mol. The van der Waals surface area contributed by atoms with Crippen molar-refractivity contribution < 1.29 is 14.6 Å². The maximum Gasteiger partial charge on any atom is 0.251 e. The molecule has 2 aliphatic rings. The van der Waals surface area contributed by atoms with Crippen LogP contribution in [0, 0.1) is 5.92 Å². The Labute approximate surface area is 160 Å². The zero-order chi connectivity index (χ0) is 18.6. The van der Waals surface area contributed by atoms with Gasteiger partial charge in [-0.2, -0.15) is 0 Å². The van der Waals surface area contributed by atoms with Crippen LogP contribution in [0.5, 0.6) is 5.75 Å². The summed E-state index contributed by atoms with van der Waals surface area (Å²) in [7, 11) is 0. The zero-order valence-corrected chi connectivity index (χ0v) is 15.4. The minimum absolute atomic E-state index is 0.0470. The number of nitrogens with zero attached hydrogens (tertiary/aromatic N) is 1. The molecule has 1 saturated heterocycles. The number of aliphatic hydroxyl groups is 1. The Morgan fingerprint density at radius 1 is 1.22 bits per heavy atom. The van der Waals surface area contributed by atoms with E-state index in [9.17, 15) is 9.90 Å². The van der Waals surface area contributed by atoms with Crippen molar-refractivity contribution in [2.24, 2.45) is 5.92 Å². The summed E-state index contributed by atoms with van der Waals surface area (Å²) in [6, 6.07) is 15.6. The van der Waals surface area contributed by atoms with Gasteiger partial charge in [-0.1, -0.05) is 30.3 Å². The molecule has 4 rings (SSSR count). The first-order valence-electron chi connectivity index (χ1n) is 9.66. The molecule has 5 nitrogen and oxygen atoms in total. The number of nitrogens with one attached hydrogen (secondary N) is 1. The van der Waals surface area contributed by atoms with Crippen LogP contribution in [0.4, 0.5) is 0 Å². The second kappa shape index (κ2) is 8.11. The third kappa shape index (κ3) is 4.15. The maximum absolute atomic E-state index is 12.5. The van der Waals surface area contributed by atoms with Crippen molar-refractivity contribution in [3.8, 4) is 5.75 Å². The van der Waals surface area contributed by atoms with Crippen LogP contribution in [0.3, 0.4) is 0 Å². The van der Waals surface area contributed by atoms with Crippen LogP contribution in [0.25, 0.3) is 0 Å². The fraction of sp³-hybridized carbons (Fsp3) is 0.409. The second-order valence-electron chi connectivity index (χ2n) is 7.45. The van der Waals surface area contributed by atoms with Crippen molar-refractivity contribution in [2.45, 2.75) is 25.4 Å². The predicted molar refractivity (Wildman–Crippen MR) is 104 cm³/mol. The number of piperidine rings is 1. The van der Waals surface area contributed by atoms with E-state index in [4.69, 9.17) is 4.74 Å². The van der Waals surface area contributed by atoms with Gasteiger partial charge < -0.3 is 15.2 Å². The van der Waals surface area contributed by atoms with Crippen molar-refractivity contribution >= 4 is 5.91 Å². The molecule has 1 fully saturated rings. The lowest BCUT2D eigenvalue weighted by Crippen LogP contribution is -2.53. The van der Waals surface area contributed by atoms with Crippen LogP contribution in [0.1, 0.15) is 27.9 Å². The van der Waals surface area contributed by atoms with E-state index in [1.165, 1.54) is 11.1 Å². The molecule has 2 heterocycles. The van der Waals surface area contributed by atoms with Crippen LogP contribution in [-0.2, 0) is 13.0 Å². The molecule has 2 N–H and O–H groups in total. The minimum atomic E-state index is -0.0735. The molecule has 2 aliphatic heterocycles. The van der Waals surface area contributed by atoms with E-state index in [-0.39, 0.29) is 24.5 Å². The molecule has 0 aromatic heterocycles. The Hall–Kier alpha value is -2.37. The molecule has 0 saturated carbocycles. The van der Waals surface area contributed by atoms with Crippen LogP contribution in [-0.4, -0.2) is 48.3 Å². The van der Waals surface area contributed by atoms with Gasteiger partial charge in [-0.3, -0.25) is 9.69 Å². The molecule has 0 spiro atoms. The summed E-state index contributed by atoms with van der Waals surface area (Å²) >= 11 is 0. The van der Waals surface area contributed by atoms with Crippen LogP contribution < -0.4 is 10.1 Å². The lowest BCUT2D eigenvalue weighted by molar-refractivity contribution is 0.0730. The summed E-state index contributed by atoms with van der Waals surface area (Å²) in [5.41, 5.74) is 3.21. The summed E-state index contributed by atoms with van der Waals surface area (Å²) in [4.78, 5) is 14.9. The molecule has 5 heteroatoms. The number of ether oxygens (including phenoxy) is 1. The molecule has 1 amide bonds. The number of aliphatic hydroxyl groups excluding tert-OH is 1. The Bertz CT molecular complexity index is 793. The highest BCUT2D eigenvalue weighted by Crippen LogP contribution is 2.27. The summed E-state index contributed by atoms with van der Waals surface area (Å²) in [6.07, 6.45) is 1.86.